The van der Waals surface area contributed by atoms with Crippen LogP contribution < -0.4 is 5.73 Å². The summed E-state index contributed by atoms with van der Waals surface area (Å²) in [7, 11) is 0. The molecule has 2 atom stereocenters. The normalized spacial score (nSPS) is 26.4. The van der Waals surface area contributed by atoms with E-state index in [0.717, 1.165) is 12.5 Å². The minimum Gasteiger partial charge on any atom is -0.369 e. The van der Waals surface area contributed by atoms with E-state index in [1.807, 2.05) is 27.7 Å². The lowest BCUT2D eigenvalue weighted by Gasteiger charge is -2.31. The van der Waals surface area contributed by atoms with E-state index in [2.05, 4.69) is 0 Å². The lowest BCUT2D eigenvalue weighted by molar-refractivity contribution is -0.0768. The molecule has 4 heteroatoms. The Bertz CT molecular complexity index is 485. The van der Waals surface area contributed by atoms with E-state index in [4.69, 9.17) is 10.5 Å². The Morgan fingerprint density at radius 1 is 1.26 bits per heavy atom. The van der Waals surface area contributed by atoms with Crippen molar-refractivity contribution >= 4 is 0 Å². The molecule has 0 amide bonds. The molecule has 1 fully saturated rings. The third kappa shape index (κ3) is 2.65. The van der Waals surface area contributed by atoms with E-state index < -0.39 is 23.3 Å². The number of hydrogen-bond acceptors (Lipinski definition) is 2. The highest BCUT2D eigenvalue weighted by Crippen LogP contribution is 2.47. The van der Waals surface area contributed by atoms with E-state index >= 15 is 0 Å². The highest BCUT2D eigenvalue weighted by molar-refractivity contribution is 5.24. The summed E-state index contributed by atoms with van der Waals surface area (Å²) in [4.78, 5) is 0. The smallest absolute Gasteiger partial charge is 0.163 e. The van der Waals surface area contributed by atoms with Crippen LogP contribution in [0, 0.1) is 17.6 Å². The largest absolute Gasteiger partial charge is 0.369 e. The molecule has 0 aliphatic carbocycles. The van der Waals surface area contributed by atoms with Crippen LogP contribution >= 0.6 is 0 Å². The lowest BCUT2D eigenvalue weighted by Crippen LogP contribution is -2.36. The van der Waals surface area contributed by atoms with Crippen LogP contribution in [-0.2, 0) is 4.74 Å². The van der Waals surface area contributed by atoms with Gasteiger partial charge in [-0.3, -0.25) is 0 Å². The Labute approximate surface area is 112 Å². The van der Waals surface area contributed by atoms with Gasteiger partial charge in [0, 0.05) is 17.5 Å². The standard InChI is InChI=1S/C15H21F2NO/c1-14(2)8-10(15(3,4)19-14)13(18)9-6-5-7-11(16)12(9)17/h5-7,10,13H,8,18H2,1-4H3. The van der Waals surface area contributed by atoms with Crippen molar-refractivity contribution in [3.63, 3.8) is 0 Å². The minimum atomic E-state index is -0.857. The van der Waals surface area contributed by atoms with E-state index in [9.17, 15) is 8.78 Å². The van der Waals surface area contributed by atoms with E-state index in [1.165, 1.54) is 6.07 Å². The summed E-state index contributed by atoms with van der Waals surface area (Å²) >= 11 is 0. The second-order valence-corrected chi connectivity index (χ2v) is 6.44. The predicted octanol–water partition coefficient (Wildman–Crippen LogP) is 3.56. The van der Waals surface area contributed by atoms with Gasteiger partial charge in [0.15, 0.2) is 11.6 Å². The second-order valence-electron chi connectivity index (χ2n) is 6.44. The molecule has 0 saturated carbocycles. The third-order valence-corrected chi connectivity index (χ3v) is 3.92. The van der Waals surface area contributed by atoms with Crippen molar-refractivity contribution in [2.75, 3.05) is 0 Å². The molecule has 1 aromatic rings. The maximum Gasteiger partial charge on any atom is 0.163 e. The van der Waals surface area contributed by atoms with Gasteiger partial charge in [0.2, 0.25) is 0 Å². The molecule has 2 N–H and O–H groups in total. The molecule has 0 aromatic heterocycles. The number of ether oxygens (including phenoxy) is 1. The molecule has 1 aromatic carbocycles. The predicted molar refractivity (Wildman–Crippen MR) is 70.6 cm³/mol. The van der Waals surface area contributed by atoms with Gasteiger partial charge in [-0.15, -0.1) is 0 Å². The zero-order valence-corrected chi connectivity index (χ0v) is 11.8. The molecular formula is C15H21F2NO. The molecule has 1 aliphatic heterocycles. The number of nitrogens with two attached hydrogens (primary N) is 1. The molecule has 0 bridgehead atoms. The summed E-state index contributed by atoms with van der Waals surface area (Å²) in [6, 6.07) is 3.56. The number of halogens is 2. The average Bonchev–Trinajstić information content (AvgIpc) is 2.50. The van der Waals surface area contributed by atoms with E-state index in [0.29, 0.717) is 0 Å². The molecule has 1 saturated heterocycles. The lowest BCUT2D eigenvalue weighted by atomic mass is 9.79. The molecule has 2 nitrogen and oxygen atoms in total. The van der Waals surface area contributed by atoms with Crippen molar-refractivity contribution in [3.8, 4) is 0 Å². The summed E-state index contributed by atoms with van der Waals surface area (Å²) in [5.74, 6) is -1.77. The first-order chi connectivity index (χ1) is 8.64. The summed E-state index contributed by atoms with van der Waals surface area (Å²) in [6.07, 6.45) is 0.719. The fourth-order valence-corrected chi connectivity index (χ4v) is 3.16. The topological polar surface area (TPSA) is 35.2 Å². The summed E-state index contributed by atoms with van der Waals surface area (Å²) in [6.45, 7) is 7.87. The minimum absolute atomic E-state index is 0.0567. The molecule has 2 unspecified atom stereocenters. The van der Waals surface area contributed by atoms with Crippen LogP contribution in [0.2, 0.25) is 0 Å². The van der Waals surface area contributed by atoms with Gasteiger partial charge in [-0.05, 0) is 40.2 Å². The van der Waals surface area contributed by atoms with Crippen molar-refractivity contribution in [2.45, 2.75) is 51.4 Å². The van der Waals surface area contributed by atoms with Gasteiger partial charge in [0.1, 0.15) is 0 Å². The monoisotopic (exact) mass is 269 g/mol. The summed E-state index contributed by atoms with van der Waals surface area (Å²) in [5.41, 5.74) is 5.65. The van der Waals surface area contributed by atoms with Crippen LogP contribution in [0.25, 0.3) is 0 Å². The van der Waals surface area contributed by atoms with Gasteiger partial charge >= 0.3 is 0 Å². The summed E-state index contributed by atoms with van der Waals surface area (Å²) in [5, 5.41) is 0. The average molecular weight is 269 g/mol. The van der Waals surface area contributed by atoms with Crippen molar-refractivity contribution in [3.05, 3.63) is 35.4 Å². The molecule has 1 aliphatic rings. The molecule has 1 heterocycles. The Hall–Kier alpha value is -1.00. The van der Waals surface area contributed by atoms with Crippen LogP contribution in [0.4, 0.5) is 8.78 Å². The van der Waals surface area contributed by atoms with Crippen LogP contribution in [0.5, 0.6) is 0 Å². The van der Waals surface area contributed by atoms with Crippen molar-refractivity contribution in [1.29, 1.82) is 0 Å². The Morgan fingerprint density at radius 3 is 2.42 bits per heavy atom. The van der Waals surface area contributed by atoms with Gasteiger partial charge in [0.25, 0.3) is 0 Å². The van der Waals surface area contributed by atoms with E-state index in [-0.39, 0.29) is 17.1 Å². The molecule has 0 radical (unpaired) electrons. The van der Waals surface area contributed by atoms with Crippen molar-refractivity contribution in [2.24, 2.45) is 11.7 Å². The Balaban J connectivity index is 2.34. The molecule has 0 spiro atoms. The third-order valence-electron chi connectivity index (χ3n) is 3.92. The quantitative estimate of drug-likeness (QED) is 0.891. The van der Waals surface area contributed by atoms with Crippen LogP contribution in [0.3, 0.4) is 0 Å². The zero-order chi connectivity index (χ0) is 14.4. The van der Waals surface area contributed by atoms with Gasteiger partial charge in [0.05, 0.1) is 11.2 Å². The molecule has 106 valence electrons. The molecular weight excluding hydrogens is 248 g/mol. The molecule has 19 heavy (non-hydrogen) atoms. The van der Waals surface area contributed by atoms with Gasteiger partial charge in [-0.25, -0.2) is 8.78 Å². The number of benzene rings is 1. The fraction of sp³-hybridized carbons (Fsp3) is 0.600. The number of hydrogen-bond donors (Lipinski definition) is 1. The Morgan fingerprint density at radius 2 is 1.89 bits per heavy atom. The van der Waals surface area contributed by atoms with Gasteiger partial charge in [-0.1, -0.05) is 12.1 Å². The van der Waals surface area contributed by atoms with Crippen LogP contribution in [0.1, 0.15) is 45.7 Å². The first-order valence-corrected chi connectivity index (χ1v) is 6.54. The SMILES string of the molecule is CC1(C)CC(C(N)c2cccc(F)c2F)C(C)(C)O1. The fourth-order valence-electron chi connectivity index (χ4n) is 3.16. The number of rotatable bonds is 2. The maximum absolute atomic E-state index is 13.9. The van der Waals surface area contributed by atoms with Crippen LogP contribution in [-0.4, -0.2) is 11.2 Å². The summed E-state index contributed by atoms with van der Waals surface area (Å²) < 4.78 is 33.1. The van der Waals surface area contributed by atoms with Crippen molar-refractivity contribution in [1.82, 2.24) is 0 Å². The molecule has 2 rings (SSSR count). The highest BCUT2D eigenvalue weighted by atomic mass is 19.2. The van der Waals surface area contributed by atoms with Gasteiger partial charge in [-0.2, -0.15) is 0 Å². The first-order valence-electron chi connectivity index (χ1n) is 6.54. The maximum atomic E-state index is 13.9. The van der Waals surface area contributed by atoms with Crippen LogP contribution in [0.15, 0.2) is 18.2 Å². The first kappa shape index (κ1) is 14.4. The van der Waals surface area contributed by atoms with Gasteiger partial charge < -0.3 is 10.5 Å². The van der Waals surface area contributed by atoms with E-state index in [1.54, 1.807) is 6.07 Å². The highest BCUT2D eigenvalue weighted by Gasteiger charge is 2.48. The van der Waals surface area contributed by atoms with Crippen molar-refractivity contribution < 1.29 is 13.5 Å². The second kappa shape index (κ2) is 4.53. The zero-order valence-electron chi connectivity index (χ0n) is 11.8. The Kier molecular flexibility index (Phi) is 3.43.